The van der Waals surface area contributed by atoms with Gasteiger partial charge in [0.05, 0.1) is 0 Å². The first-order valence-electron chi connectivity index (χ1n) is 8.56. The van der Waals surface area contributed by atoms with Crippen molar-refractivity contribution in [3.05, 3.63) is 65.7 Å². The van der Waals surface area contributed by atoms with Crippen LogP contribution in [0.25, 0.3) is 0 Å². The number of nitrogens with one attached hydrogen (secondary N) is 1. The van der Waals surface area contributed by atoms with Gasteiger partial charge < -0.3 is 15.0 Å². The molecule has 4 rings (SSSR count). The average molecular weight is 359 g/mol. The minimum Gasteiger partial charge on any atom is -0.489 e. The summed E-state index contributed by atoms with van der Waals surface area (Å²) in [6, 6.07) is 17.6. The van der Waals surface area contributed by atoms with Crippen LogP contribution in [-0.4, -0.2) is 37.0 Å². The van der Waals surface area contributed by atoms with Crippen LogP contribution in [0.15, 0.2) is 54.6 Å². The first-order valence-corrected chi connectivity index (χ1v) is 8.56. The quantitative estimate of drug-likeness (QED) is 0.913. The highest BCUT2D eigenvalue weighted by Crippen LogP contribution is 2.27. The number of nitrogens with zero attached hydrogens (tertiary/aromatic N) is 1. The summed E-state index contributed by atoms with van der Waals surface area (Å²) in [4.78, 5) is 14.6. The van der Waals surface area contributed by atoms with Crippen molar-refractivity contribution in [1.82, 2.24) is 10.2 Å². The van der Waals surface area contributed by atoms with Crippen LogP contribution in [0.3, 0.4) is 0 Å². The van der Waals surface area contributed by atoms with E-state index in [2.05, 4.69) is 5.32 Å². The van der Waals surface area contributed by atoms with Crippen LogP contribution in [-0.2, 0) is 6.61 Å². The van der Waals surface area contributed by atoms with Gasteiger partial charge in [0, 0.05) is 31.7 Å². The van der Waals surface area contributed by atoms with Gasteiger partial charge in [0.15, 0.2) is 0 Å². The molecule has 2 atom stereocenters. The lowest BCUT2D eigenvalue weighted by Gasteiger charge is -2.17. The summed E-state index contributed by atoms with van der Waals surface area (Å²) in [7, 11) is 0. The second-order valence-electron chi connectivity index (χ2n) is 6.69. The largest absolute Gasteiger partial charge is 0.489 e. The monoisotopic (exact) mass is 358 g/mol. The molecule has 1 N–H and O–H groups in total. The Balaban J connectivity index is 0.00000182. The molecule has 0 unspecified atom stereocenters. The van der Waals surface area contributed by atoms with E-state index in [1.165, 1.54) is 0 Å². The lowest BCUT2D eigenvalue weighted by Crippen LogP contribution is -2.31. The highest BCUT2D eigenvalue weighted by molar-refractivity contribution is 5.94. The van der Waals surface area contributed by atoms with E-state index >= 15 is 0 Å². The third-order valence-corrected chi connectivity index (χ3v) is 5.03. The van der Waals surface area contributed by atoms with Gasteiger partial charge in [-0.25, -0.2) is 0 Å². The van der Waals surface area contributed by atoms with Crippen molar-refractivity contribution < 1.29 is 9.53 Å². The van der Waals surface area contributed by atoms with Crippen molar-refractivity contribution in [2.24, 2.45) is 11.8 Å². The van der Waals surface area contributed by atoms with Crippen LogP contribution in [0.5, 0.6) is 5.75 Å². The molecule has 2 heterocycles. The fourth-order valence-corrected chi connectivity index (χ4v) is 3.64. The molecule has 0 bridgehead atoms. The smallest absolute Gasteiger partial charge is 0.253 e. The van der Waals surface area contributed by atoms with Gasteiger partial charge in [-0.15, -0.1) is 12.4 Å². The van der Waals surface area contributed by atoms with Crippen molar-refractivity contribution in [2.75, 3.05) is 26.2 Å². The van der Waals surface area contributed by atoms with Gasteiger partial charge in [0.2, 0.25) is 0 Å². The zero-order valence-electron chi connectivity index (χ0n) is 14.1. The van der Waals surface area contributed by atoms with Crippen molar-refractivity contribution in [1.29, 1.82) is 0 Å². The van der Waals surface area contributed by atoms with Gasteiger partial charge in [-0.05, 0) is 41.7 Å². The van der Waals surface area contributed by atoms with Crippen LogP contribution in [0.1, 0.15) is 15.9 Å². The Morgan fingerprint density at radius 1 is 1.00 bits per heavy atom. The highest BCUT2D eigenvalue weighted by Gasteiger charge is 2.38. The van der Waals surface area contributed by atoms with E-state index in [9.17, 15) is 4.79 Å². The number of carbonyl (C=O) groups is 1. The molecule has 0 aromatic heterocycles. The molecule has 5 heteroatoms. The van der Waals surface area contributed by atoms with Crippen LogP contribution in [0.4, 0.5) is 0 Å². The summed E-state index contributed by atoms with van der Waals surface area (Å²) in [5.41, 5.74) is 1.88. The minimum absolute atomic E-state index is 0. The van der Waals surface area contributed by atoms with Crippen LogP contribution >= 0.6 is 12.4 Å². The summed E-state index contributed by atoms with van der Waals surface area (Å²) >= 11 is 0. The lowest BCUT2D eigenvalue weighted by molar-refractivity contribution is 0.0781. The Bertz CT molecular complexity index is 693. The number of hydrogen-bond donors (Lipinski definition) is 1. The summed E-state index contributed by atoms with van der Waals surface area (Å²) in [5, 5.41) is 3.40. The number of amides is 1. The Morgan fingerprint density at radius 2 is 1.64 bits per heavy atom. The van der Waals surface area contributed by atoms with Gasteiger partial charge in [-0.1, -0.05) is 30.3 Å². The standard InChI is InChI=1S/C20H22N2O2.ClH/c23-20(22-12-17-10-21-11-18(17)13-22)16-6-8-19(9-7-16)24-14-15-4-2-1-3-5-15;/h1-9,17-18,21H,10-14H2;1H/t17-,18+;. The van der Waals surface area contributed by atoms with Gasteiger partial charge in [-0.3, -0.25) is 4.79 Å². The van der Waals surface area contributed by atoms with Gasteiger partial charge >= 0.3 is 0 Å². The molecule has 0 aliphatic carbocycles. The van der Waals surface area contributed by atoms with E-state index in [0.29, 0.717) is 18.4 Å². The average Bonchev–Trinajstić information content (AvgIpc) is 3.23. The second kappa shape index (κ2) is 7.89. The summed E-state index contributed by atoms with van der Waals surface area (Å²) in [5.74, 6) is 2.18. The molecule has 132 valence electrons. The first kappa shape index (κ1) is 17.8. The third kappa shape index (κ3) is 3.97. The number of rotatable bonds is 4. The normalized spacial score (nSPS) is 21.5. The zero-order chi connectivity index (χ0) is 16.4. The van der Waals surface area contributed by atoms with E-state index in [1.54, 1.807) is 0 Å². The van der Waals surface area contributed by atoms with E-state index < -0.39 is 0 Å². The van der Waals surface area contributed by atoms with E-state index in [1.807, 2.05) is 59.5 Å². The molecule has 2 aliphatic rings. The predicted octanol–water partition coefficient (Wildman–Crippen LogP) is 2.98. The molecule has 0 radical (unpaired) electrons. The lowest BCUT2D eigenvalue weighted by atomic mass is 10.0. The molecule has 0 saturated carbocycles. The molecule has 25 heavy (non-hydrogen) atoms. The molecule has 2 aromatic carbocycles. The highest BCUT2D eigenvalue weighted by atomic mass is 35.5. The molecule has 0 spiro atoms. The van der Waals surface area contributed by atoms with Gasteiger partial charge in [0.25, 0.3) is 5.91 Å². The summed E-state index contributed by atoms with van der Waals surface area (Å²) < 4.78 is 5.78. The molecule has 2 aliphatic heterocycles. The van der Waals surface area contributed by atoms with Crippen molar-refractivity contribution >= 4 is 18.3 Å². The zero-order valence-corrected chi connectivity index (χ0v) is 14.9. The Hall–Kier alpha value is -2.04. The Kier molecular flexibility index (Phi) is 5.61. The minimum atomic E-state index is 0. The van der Waals surface area contributed by atoms with Crippen molar-refractivity contribution in [3.8, 4) is 5.75 Å². The number of ether oxygens (including phenoxy) is 1. The first-order chi connectivity index (χ1) is 11.8. The molecule has 2 fully saturated rings. The third-order valence-electron chi connectivity index (χ3n) is 5.03. The maximum absolute atomic E-state index is 12.6. The molecular weight excluding hydrogens is 336 g/mol. The van der Waals surface area contributed by atoms with Gasteiger partial charge in [0.1, 0.15) is 12.4 Å². The van der Waals surface area contributed by atoms with E-state index in [0.717, 1.165) is 43.1 Å². The second-order valence-corrected chi connectivity index (χ2v) is 6.69. The maximum atomic E-state index is 12.6. The topological polar surface area (TPSA) is 41.6 Å². The van der Waals surface area contributed by atoms with Crippen molar-refractivity contribution in [2.45, 2.75) is 6.61 Å². The Labute approximate surface area is 154 Å². The number of benzene rings is 2. The predicted molar refractivity (Wildman–Crippen MR) is 100 cm³/mol. The maximum Gasteiger partial charge on any atom is 0.253 e. The van der Waals surface area contributed by atoms with Crippen molar-refractivity contribution in [3.63, 3.8) is 0 Å². The van der Waals surface area contributed by atoms with Gasteiger partial charge in [-0.2, -0.15) is 0 Å². The number of fused-ring (bicyclic) bond motifs is 1. The molecule has 2 saturated heterocycles. The number of carbonyl (C=O) groups excluding carboxylic acids is 1. The van der Waals surface area contributed by atoms with Crippen LogP contribution in [0, 0.1) is 11.8 Å². The Morgan fingerprint density at radius 3 is 2.28 bits per heavy atom. The molecule has 2 aromatic rings. The summed E-state index contributed by atoms with van der Waals surface area (Å²) in [6.45, 7) is 4.38. The fraction of sp³-hybridized carbons (Fsp3) is 0.350. The summed E-state index contributed by atoms with van der Waals surface area (Å²) in [6.07, 6.45) is 0. The van der Waals surface area contributed by atoms with Crippen LogP contribution < -0.4 is 10.1 Å². The molecule has 1 amide bonds. The van der Waals surface area contributed by atoms with E-state index in [4.69, 9.17) is 4.74 Å². The number of hydrogen-bond acceptors (Lipinski definition) is 3. The van der Waals surface area contributed by atoms with E-state index in [-0.39, 0.29) is 18.3 Å². The number of halogens is 1. The fourth-order valence-electron chi connectivity index (χ4n) is 3.64. The number of likely N-dealkylation sites (tertiary alicyclic amines) is 1. The molecular formula is C20H23ClN2O2. The SMILES string of the molecule is Cl.O=C(c1ccc(OCc2ccccc2)cc1)N1C[C@H]2CNC[C@H]2C1. The van der Waals surface area contributed by atoms with Crippen LogP contribution in [0.2, 0.25) is 0 Å². The molecule has 4 nitrogen and oxygen atoms in total.